The maximum absolute atomic E-state index is 5.27. The molecule has 0 N–H and O–H groups in total. The van der Waals surface area contributed by atoms with Crippen molar-refractivity contribution in [1.82, 2.24) is 0 Å². The SMILES string of the molecule is COc1ccc2cc(C(Br)c3ccc(C)cc3)ccc2c1. The van der Waals surface area contributed by atoms with Crippen LogP contribution in [-0.2, 0) is 0 Å². The van der Waals surface area contributed by atoms with E-state index in [1.165, 1.54) is 27.5 Å². The van der Waals surface area contributed by atoms with Gasteiger partial charge in [-0.05, 0) is 47.0 Å². The zero-order valence-corrected chi connectivity index (χ0v) is 13.7. The molecule has 0 aromatic heterocycles. The number of fused-ring (bicyclic) bond motifs is 1. The number of halogens is 1. The summed E-state index contributed by atoms with van der Waals surface area (Å²) in [6, 6.07) is 21.4. The first kappa shape index (κ1) is 14.2. The molecular formula is C19H17BrO. The van der Waals surface area contributed by atoms with Crippen molar-refractivity contribution in [2.24, 2.45) is 0 Å². The third kappa shape index (κ3) is 2.96. The van der Waals surface area contributed by atoms with Crippen LogP contribution in [0.5, 0.6) is 5.75 Å². The Hall–Kier alpha value is -1.80. The molecule has 0 aliphatic carbocycles. The van der Waals surface area contributed by atoms with E-state index in [4.69, 9.17) is 4.74 Å². The maximum Gasteiger partial charge on any atom is 0.119 e. The maximum atomic E-state index is 5.27. The van der Waals surface area contributed by atoms with Crippen LogP contribution < -0.4 is 4.74 Å². The monoisotopic (exact) mass is 340 g/mol. The molecule has 0 aliphatic heterocycles. The Bertz CT molecular complexity index is 762. The normalized spacial score (nSPS) is 12.3. The molecule has 0 radical (unpaired) electrons. The summed E-state index contributed by atoms with van der Waals surface area (Å²) in [5.41, 5.74) is 3.81. The molecule has 1 unspecified atom stereocenters. The van der Waals surface area contributed by atoms with Crippen LogP contribution in [0, 0.1) is 6.92 Å². The lowest BCUT2D eigenvalue weighted by atomic mass is 10.0. The highest BCUT2D eigenvalue weighted by molar-refractivity contribution is 9.09. The Balaban J connectivity index is 1.98. The Morgan fingerprint density at radius 2 is 1.43 bits per heavy atom. The van der Waals surface area contributed by atoms with Gasteiger partial charge in [0.15, 0.2) is 0 Å². The second-order valence-electron chi connectivity index (χ2n) is 5.25. The van der Waals surface area contributed by atoms with Gasteiger partial charge in [0.25, 0.3) is 0 Å². The van der Waals surface area contributed by atoms with Crippen molar-refractivity contribution >= 4 is 26.7 Å². The third-order valence-electron chi connectivity index (χ3n) is 3.73. The Morgan fingerprint density at radius 3 is 2.14 bits per heavy atom. The van der Waals surface area contributed by atoms with Gasteiger partial charge in [-0.2, -0.15) is 0 Å². The molecule has 0 amide bonds. The van der Waals surface area contributed by atoms with E-state index in [9.17, 15) is 0 Å². The second-order valence-corrected chi connectivity index (χ2v) is 6.16. The predicted molar refractivity (Wildman–Crippen MR) is 92.4 cm³/mol. The minimum atomic E-state index is 0.213. The lowest BCUT2D eigenvalue weighted by Gasteiger charge is -2.12. The lowest BCUT2D eigenvalue weighted by Crippen LogP contribution is -1.93. The van der Waals surface area contributed by atoms with Gasteiger partial charge in [0.05, 0.1) is 11.9 Å². The average Bonchev–Trinajstić information content (AvgIpc) is 2.54. The molecule has 0 bridgehead atoms. The largest absolute Gasteiger partial charge is 0.497 e. The molecule has 0 heterocycles. The van der Waals surface area contributed by atoms with Crippen LogP contribution in [0.4, 0.5) is 0 Å². The summed E-state index contributed by atoms with van der Waals surface area (Å²) < 4.78 is 5.27. The Labute approximate surface area is 133 Å². The fraction of sp³-hybridized carbons (Fsp3) is 0.158. The molecule has 0 saturated heterocycles. The molecule has 3 aromatic rings. The van der Waals surface area contributed by atoms with Crippen molar-refractivity contribution in [3.05, 3.63) is 77.4 Å². The highest BCUT2D eigenvalue weighted by Crippen LogP contribution is 2.33. The van der Waals surface area contributed by atoms with Gasteiger partial charge in [-0.15, -0.1) is 0 Å². The molecular weight excluding hydrogens is 324 g/mol. The summed E-state index contributed by atoms with van der Waals surface area (Å²) in [6.45, 7) is 2.11. The highest BCUT2D eigenvalue weighted by Gasteiger charge is 2.10. The number of methoxy groups -OCH3 is 1. The molecule has 0 fully saturated rings. The van der Waals surface area contributed by atoms with Crippen molar-refractivity contribution in [3.8, 4) is 5.75 Å². The van der Waals surface area contributed by atoms with E-state index in [0.29, 0.717) is 0 Å². The van der Waals surface area contributed by atoms with Gasteiger partial charge in [-0.1, -0.05) is 64.0 Å². The topological polar surface area (TPSA) is 9.23 Å². The van der Waals surface area contributed by atoms with Gasteiger partial charge in [-0.3, -0.25) is 0 Å². The predicted octanol–water partition coefficient (Wildman–Crippen LogP) is 5.64. The van der Waals surface area contributed by atoms with Gasteiger partial charge in [0.2, 0.25) is 0 Å². The van der Waals surface area contributed by atoms with Gasteiger partial charge < -0.3 is 4.74 Å². The number of alkyl halides is 1. The van der Waals surface area contributed by atoms with Crippen molar-refractivity contribution in [2.45, 2.75) is 11.8 Å². The molecule has 3 aromatic carbocycles. The number of benzene rings is 3. The summed E-state index contributed by atoms with van der Waals surface area (Å²) in [6.07, 6.45) is 0. The van der Waals surface area contributed by atoms with Gasteiger partial charge in [-0.25, -0.2) is 0 Å². The van der Waals surface area contributed by atoms with Crippen molar-refractivity contribution in [1.29, 1.82) is 0 Å². The molecule has 2 heteroatoms. The number of hydrogen-bond acceptors (Lipinski definition) is 1. The van der Waals surface area contributed by atoms with Gasteiger partial charge >= 0.3 is 0 Å². The first-order valence-electron chi connectivity index (χ1n) is 6.96. The minimum absolute atomic E-state index is 0.213. The lowest BCUT2D eigenvalue weighted by molar-refractivity contribution is 0.415. The average molecular weight is 341 g/mol. The standard InChI is InChI=1S/C19H17BrO/c1-13-3-5-14(6-4-13)19(20)17-8-7-16-12-18(21-2)10-9-15(16)11-17/h3-12,19H,1-2H3. The van der Waals surface area contributed by atoms with Gasteiger partial charge in [0, 0.05) is 0 Å². The molecule has 0 aliphatic rings. The van der Waals surface area contributed by atoms with Crippen LogP contribution in [0.15, 0.2) is 60.7 Å². The number of aryl methyl sites for hydroxylation is 1. The van der Waals surface area contributed by atoms with Crippen LogP contribution >= 0.6 is 15.9 Å². The first-order chi connectivity index (χ1) is 10.2. The molecule has 1 nitrogen and oxygen atoms in total. The quantitative estimate of drug-likeness (QED) is 0.560. The van der Waals surface area contributed by atoms with Crippen LogP contribution in [0.1, 0.15) is 21.5 Å². The fourth-order valence-electron chi connectivity index (χ4n) is 2.45. The number of rotatable bonds is 3. The molecule has 3 rings (SSSR count). The van der Waals surface area contributed by atoms with E-state index >= 15 is 0 Å². The van der Waals surface area contributed by atoms with E-state index in [-0.39, 0.29) is 4.83 Å². The Kier molecular flexibility index (Phi) is 3.98. The van der Waals surface area contributed by atoms with Crippen LogP contribution in [-0.4, -0.2) is 7.11 Å². The third-order valence-corrected chi connectivity index (χ3v) is 4.79. The summed E-state index contributed by atoms with van der Waals surface area (Å²) in [5.74, 6) is 0.893. The van der Waals surface area contributed by atoms with Crippen LogP contribution in [0.2, 0.25) is 0 Å². The molecule has 0 spiro atoms. The smallest absolute Gasteiger partial charge is 0.119 e. The highest BCUT2D eigenvalue weighted by atomic mass is 79.9. The van der Waals surface area contributed by atoms with Crippen LogP contribution in [0.3, 0.4) is 0 Å². The second kappa shape index (κ2) is 5.90. The summed E-state index contributed by atoms with van der Waals surface area (Å²) in [4.78, 5) is 0.213. The Morgan fingerprint density at radius 1 is 0.810 bits per heavy atom. The van der Waals surface area contributed by atoms with E-state index in [0.717, 1.165) is 5.75 Å². The van der Waals surface area contributed by atoms with Crippen molar-refractivity contribution in [3.63, 3.8) is 0 Å². The van der Waals surface area contributed by atoms with Gasteiger partial charge in [0.1, 0.15) is 5.75 Å². The van der Waals surface area contributed by atoms with E-state index in [1.54, 1.807) is 7.11 Å². The summed E-state index contributed by atoms with van der Waals surface area (Å²) in [5, 5.41) is 2.42. The summed E-state index contributed by atoms with van der Waals surface area (Å²) in [7, 11) is 1.70. The zero-order chi connectivity index (χ0) is 14.8. The molecule has 0 saturated carbocycles. The van der Waals surface area contributed by atoms with E-state index in [2.05, 4.69) is 77.5 Å². The number of ether oxygens (including phenoxy) is 1. The van der Waals surface area contributed by atoms with Crippen LogP contribution in [0.25, 0.3) is 10.8 Å². The van der Waals surface area contributed by atoms with Crippen molar-refractivity contribution in [2.75, 3.05) is 7.11 Å². The molecule has 106 valence electrons. The molecule has 21 heavy (non-hydrogen) atoms. The number of hydrogen-bond donors (Lipinski definition) is 0. The first-order valence-corrected chi connectivity index (χ1v) is 7.87. The van der Waals surface area contributed by atoms with Crippen molar-refractivity contribution < 1.29 is 4.74 Å². The summed E-state index contributed by atoms with van der Waals surface area (Å²) >= 11 is 3.81. The zero-order valence-electron chi connectivity index (χ0n) is 12.1. The molecule has 1 atom stereocenters. The minimum Gasteiger partial charge on any atom is -0.497 e. The van der Waals surface area contributed by atoms with E-state index in [1.807, 2.05) is 6.07 Å². The van der Waals surface area contributed by atoms with E-state index < -0.39 is 0 Å². The fourth-order valence-corrected chi connectivity index (χ4v) is 3.04.